The number of aromatic amines is 1. The Kier molecular flexibility index (Phi) is 4.45. The number of ether oxygens (including phenoxy) is 1. The second kappa shape index (κ2) is 7.05. The van der Waals surface area contributed by atoms with Gasteiger partial charge < -0.3 is 25.3 Å². The number of methoxy groups -OCH3 is 1. The Balaban J connectivity index is 1.57. The third kappa shape index (κ3) is 3.21. The van der Waals surface area contributed by atoms with Crippen molar-refractivity contribution in [2.24, 2.45) is 0 Å². The molecule has 1 fully saturated rings. The highest BCUT2D eigenvalue weighted by Gasteiger charge is 2.30. The van der Waals surface area contributed by atoms with Gasteiger partial charge in [0.25, 0.3) is 0 Å². The molecule has 134 valence electrons. The second-order valence-corrected chi connectivity index (χ2v) is 6.21. The molecule has 0 aliphatic carbocycles. The lowest BCUT2D eigenvalue weighted by Gasteiger charge is -2.35. The summed E-state index contributed by atoms with van der Waals surface area (Å²) in [6.45, 7) is 2.02. The first-order valence-electron chi connectivity index (χ1n) is 8.61. The third-order valence-electron chi connectivity index (χ3n) is 4.55. The van der Waals surface area contributed by atoms with Gasteiger partial charge in [0, 0.05) is 31.4 Å². The summed E-state index contributed by atoms with van der Waals surface area (Å²) in [6.07, 6.45) is 0. The van der Waals surface area contributed by atoms with Crippen LogP contribution in [0.25, 0.3) is 11.0 Å². The molecule has 0 bridgehead atoms. The number of hydrogen-bond donors (Lipinski definition) is 3. The van der Waals surface area contributed by atoms with Crippen LogP contribution >= 0.6 is 0 Å². The van der Waals surface area contributed by atoms with Gasteiger partial charge in [0.1, 0.15) is 17.6 Å². The number of aromatic nitrogens is 2. The van der Waals surface area contributed by atoms with E-state index in [-0.39, 0.29) is 12.1 Å². The van der Waals surface area contributed by atoms with E-state index in [1.54, 1.807) is 13.2 Å². The highest BCUT2D eigenvalue weighted by molar-refractivity contribution is 5.90. The van der Waals surface area contributed by atoms with Crippen LogP contribution in [0.4, 0.5) is 10.5 Å². The molecule has 1 aliphatic rings. The van der Waals surface area contributed by atoms with Crippen LogP contribution in [-0.4, -0.2) is 47.6 Å². The lowest BCUT2D eigenvalue weighted by atomic mass is 10.2. The standard InChI is InChI=1S/C19H21N5O2/c1-26-14-6-4-5-13(11-14)21-19(25)24-10-9-20-12-17(24)18-22-15-7-2-3-8-16(15)23-18/h2-8,11,17,20H,9-10,12H2,1H3,(H,21,25)(H,22,23). The van der Waals surface area contributed by atoms with Crippen molar-refractivity contribution >= 4 is 22.8 Å². The first kappa shape index (κ1) is 16.4. The SMILES string of the molecule is COc1cccc(NC(=O)N2CCNCC2c2nc3ccccc3[nH]2)c1. The Labute approximate surface area is 151 Å². The summed E-state index contributed by atoms with van der Waals surface area (Å²) in [5.74, 6) is 1.50. The molecule has 7 nitrogen and oxygen atoms in total. The van der Waals surface area contributed by atoms with Gasteiger partial charge >= 0.3 is 6.03 Å². The smallest absolute Gasteiger partial charge is 0.322 e. The van der Waals surface area contributed by atoms with Gasteiger partial charge in [-0.2, -0.15) is 0 Å². The minimum absolute atomic E-state index is 0.148. The number of piperazine rings is 1. The average Bonchev–Trinajstić information content (AvgIpc) is 3.12. The maximum Gasteiger partial charge on any atom is 0.322 e. The van der Waals surface area contributed by atoms with E-state index in [1.807, 2.05) is 47.4 Å². The Hall–Kier alpha value is -3.06. The number of nitrogens with one attached hydrogen (secondary N) is 3. The number of hydrogen-bond acceptors (Lipinski definition) is 4. The molecule has 3 N–H and O–H groups in total. The van der Waals surface area contributed by atoms with Crippen LogP contribution in [0.3, 0.4) is 0 Å². The normalized spacial score (nSPS) is 17.3. The molecule has 0 spiro atoms. The van der Waals surface area contributed by atoms with E-state index < -0.39 is 0 Å². The van der Waals surface area contributed by atoms with E-state index in [4.69, 9.17) is 4.74 Å². The van der Waals surface area contributed by atoms with Crippen molar-refractivity contribution in [3.8, 4) is 5.75 Å². The minimum atomic E-state index is -0.151. The monoisotopic (exact) mass is 351 g/mol. The van der Waals surface area contributed by atoms with E-state index in [1.165, 1.54) is 0 Å². The molecular formula is C19H21N5O2. The molecule has 2 heterocycles. The van der Waals surface area contributed by atoms with Gasteiger partial charge in [-0.3, -0.25) is 0 Å². The van der Waals surface area contributed by atoms with Gasteiger partial charge in [-0.05, 0) is 24.3 Å². The maximum atomic E-state index is 12.9. The van der Waals surface area contributed by atoms with Crippen LogP contribution in [0.15, 0.2) is 48.5 Å². The summed E-state index contributed by atoms with van der Waals surface area (Å²) in [4.78, 5) is 22.7. The molecule has 1 aromatic heterocycles. The highest BCUT2D eigenvalue weighted by atomic mass is 16.5. The van der Waals surface area contributed by atoms with Gasteiger partial charge in [0.2, 0.25) is 0 Å². The first-order chi connectivity index (χ1) is 12.7. The van der Waals surface area contributed by atoms with Crippen LogP contribution in [0.5, 0.6) is 5.75 Å². The van der Waals surface area contributed by atoms with E-state index in [0.717, 1.165) is 23.4 Å². The molecule has 2 aromatic carbocycles. The number of fused-ring (bicyclic) bond motifs is 1. The summed E-state index contributed by atoms with van der Waals surface area (Å²) >= 11 is 0. The van der Waals surface area contributed by atoms with Crippen LogP contribution in [-0.2, 0) is 0 Å². The fourth-order valence-corrected chi connectivity index (χ4v) is 3.22. The number of anilines is 1. The molecule has 2 amide bonds. The Bertz CT molecular complexity index is 890. The highest BCUT2D eigenvalue weighted by Crippen LogP contribution is 2.24. The van der Waals surface area contributed by atoms with E-state index in [9.17, 15) is 4.79 Å². The number of carbonyl (C=O) groups is 1. The van der Waals surface area contributed by atoms with Crippen LogP contribution < -0.4 is 15.4 Å². The zero-order chi connectivity index (χ0) is 17.9. The fraction of sp³-hybridized carbons (Fsp3) is 0.263. The molecule has 1 unspecified atom stereocenters. The van der Waals surface area contributed by atoms with E-state index in [2.05, 4.69) is 20.6 Å². The molecule has 4 rings (SSSR count). The number of amides is 2. The molecule has 1 atom stereocenters. The third-order valence-corrected chi connectivity index (χ3v) is 4.55. The van der Waals surface area contributed by atoms with E-state index in [0.29, 0.717) is 24.5 Å². The van der Waals surface area contributed by atoms with Crippen LogP contribution in [0.1, 0.15) is 11.9 Å². The van der Waals surface area contributed by atoms with Crippen molar-refractivity contribution in [1.82, 2.24) is 20.2 Å². The molecular weight excluding hydrogens is 330 g/mol. The zero-order valence-electron chi connectivity index (χ0n) is 14.5. The Morgan fingerprint density at radius 3 is 3.00 bits per heavy atom. The number of carbonyl (C=O) groups excluding carboxylic acids is 1. The second-order valence-electron chi connectivity index (χ2n) is 6.21. The molecule has 3 aromatic rings. The first-order valence-corrected chi connectivity index (χ1v) is 8.61. The van der Waals surface area contributed by atoms with Crippen molar-refractivity contribution in [1.29, 1.82) is 0 Å². The average molecular weight is 351 g/mol. The van der Waals surface area contributed by atoms with Crippen molar-refractivity contribution < 1.29 is 9.53 Å². The van der Waals surface area contributed by atoms with Gasteiger partial charge in [0.15, 0.2) is 0 Å². The number of urea groups is 1. The summed E-state index contributed by atoms with van der Waals surface area (Å²) in [6, 6.07) is 14.9. The van der Waals surface area contributed by atoms with Gasteiger partial charge in [-0.1, -0.05) is 18.2 Å². The lowest BCUT2D eigenvalue weighted by Crippen LogP contribution is -2.50. The predicted octanol–water partition coefficient (Wildman–Crippen LogP) is 2.75. The number of imidazole rings is 1. The summed E-state index contributed by atoms with van der Waals surface area (Å²) in [7, 11) is 1.61. The maximum absolute atomic E-state index is 12.9. The number of nitrogens with zero attached hydrogens (tertiary/aromatic N) is 2. The number of benzene rings is 2. The van der Waals surface area contributed by atoms with Crippen LogP contribution in [0, 0.1) is 0 Å². The zero-order valence-corrected chi connectivity index (χ0v) is 14.5. The Morgan fingerprint density at radius 2 is 2.15 bits per heavy atom. The van der Waals surface area contributed by atoms with Crippen LogP contribution in [0.2, 0.25) is 0 Å². The quantitative estimate of drug-likeness (QED) is 0.678. The fourth-order valence-electron chi connectivity index (χ4n) is 3.22. The lowest BCUT2D eigenvalue weighted by molar-refractivity contribution is 0.168. The largest absolute Gasteiger partial charge is 0.497 e. The summed E-state index contributed by atoms with van der Waals surface area (Å²) < 4.78 is 5.22. The number of H-pyrrole nitrogens is 1. The molecule has 26 heavy (non-hydrogen) atoms. The number of para-hydroxylation sites is 2. The van der Waals surface area contributed by atoms with Crippen molar-refractivity contribution in [3.05, 3.63) is 54.4 Å². The van der Waals surface area contributed by atoms with Gasteiger partial charge in [-0.15, -0.1) is 0 Å². The number of rotatable bonds is 3. The molecule has 1 saturated heterocycles. The molecule has 1 aliphatic heterocycles. The van der Waals surface area contributed by atoms with Gasteiger partial charge in [0.05, 0.1) is 18.1 Å². The summed E-state index contributed by atoms with van der Waals surface area (Å²) in [5.41, 5.74) is 2.58. The van der Waals surface area contributed by atoms with Crippen molar-refractivity contribution in [3.63, 3.8) is 0 Å². The predicted molar refractivity (Wildman–Crippen MR) is 100 cm³/mol. The summed E-state index contributed by atoms with van der Waals surface area (Å²) in [5, 5.41) is 6.30. The Morgan fingerprint density at radius 1 is 1.27 bits per heavy atom. The van der Waals surface area contributed by atoms with Crippen molar-refractivity contribution in [2.45, 2.75) is 6.04 Å². The van der Waals surface area contributed by atoms with Crippen molar-refractivity contribution in [2.75, 3.05) is 32.1 Å². The minimum Gasteiger partial charge on any atom is -0.497 e. The topological polar surface area (TPSA) is 82.3 Å². The molecule has 0 saturated carbocycles. The molecule has 7 heteroatoms. The molecule has 0 radical (unpaired) electrons. The van der Waals surface area contributed by atoms with E-state index >= 15 is 0 Å². The van der Waals surface area contributed by atoms with Gasteiger partial charge in [-0.25, -0.2) is 9.78 Å².